The molecule has 0 saturated carbocycles. The van der Waals surface area contributed by atoms with Gasteiger partial charge in [-0.1, -0.05) is 6.92 Å². The van der Waals surface area contributed by atoms with Crippen molar-refractivity contribution in [1.82, 2.24) is 0 Å². The van der Waals surface area contributed by atoms with Crippen LogP contribution in [0.1, 0.15) is 13.3 Å². The first-order valence-electron chi connectivity index (χ1n) is 4.89. The van der Waals surface area contributed by atoms with E-state index in [9.17, 15) is 4.39 Å². The number of aliphatic imine (C=N–C) groups is 1. The second-order valence-corrected chi connectivity index (χ2v) is 4.16. The van der Waals surface area contributed by atoms with Crippen molar-refractivity contribution in [1.29, 1.82) is 0 Å². The van der Waals surface area contributed by atoms with E-state index in [0.717, 1.165) is 17.9 Å². The van der Waals surface area contributed by atoms with Gasteiger partial charge in [-0.05, 0) is 30.7 Å². The van der Waals surface area contributed by atoms with Crippen LogP contribution in [0, 0.1) is 5.82 Å². The molecule has 1 rings (SSSR count). The summed E-state index contributed by atoms with van der Waals surface area (Å²) in [6.45, 7) is 2.83. The first-order valence-corrected chi connectivity index (χ1v) is 5.88. The molecule has 0 spiro atoms. The van der Waals surface area contributed by atoms with E-state index < -0.39 is 0 Å². The van der Waals surface area contributed by atoms with Crippen LogP contribution < -0.4 is 5.73 Å². The van der Waals surface area contributed by atoms with Gasteiger partial charge in [-0.3, -0.25) is 4.99 Å². The summed E-state index contributed by atoms with van der Waals surface area (Å²) < 4.78 is 12.6. The van der Waals surface area contributed by atoms with Crippen LogP contribution in [-0.2, 0) is 0 Å². The van der Waals surface area contributed by atoms with Crippen LogP contribution in [0.5, 0.6) is 0 Å². The maximum absolute atomic E-state index is 12.6. The van der Waals surface area contributed by atoms with E-state index in [1.807, 2.05) is 0 Å². The monoisotopic (exact) mass is 226 g/mol. The molecule has 0 aliphatic rings. The molecule has 82 valence electrons. The Morgan fingerprint density at radius 1 is 1.40 bits per heavy atom. The number of nitrogens with two attached hydrogens (primary N) is 1. The fraction of sp³-hybridized carbons (Fsp3) is 0.364. The molecule has 0 aliphatic heterocycles. The summed E-state index contributed by atoms with van der Waals surface area (Å²) >= 11 is 1.57. The Balaban J connectivity index is 2.40. The Morgan fingerprint density at radius 3 is 2.67 bits per heavy atom. The van der Waals surface area contributed by atoms with E-state index >= 15 is 0 Å². The van der Waals surface area contributed by atoms with Crippen molar-refractivity contribution in [2.45, 2.75) is 18.2 Å². The predicted molar refractivity (Wildman–Crippen MR) is 63.9 cm³/mol. The van der Waals surface area contributed by atoms with Crippen molar-refractivity contribution < 1.29 is 4.39 Å². The number of rotatable bonds is 5. The maximum Gasteiger partial charge on any atom is 0.123 e. The standard InChI is InChI=1S/C11H15FN2S/c1-2-7-14-11(13)8-15-10-5-3-9(12)4-6-10/h3-6H,2,7-8H2,1H3,(H2,13,14). The third-order valence-corrected chi connectivity index (χ3v) is 2.78. The molecule has 0 aliphatic carbocycles. The van der Waals surface area contributed by atoms with Gasteiger partial charge in [0.1, 0.15) is 11.7 Å². The van der Waals surface area contributed by atoms with E-state index in [0.29, 0.717) is 11.6 Å². The summed E-state index contributed by atoms with van der Waals surface area (Å²) in [5, 5.41) is 0. The molecule has 0 unspecified atom stereocenters. The molecule has 15 heavy (non-hydrogen) atoms. The summed E-state index contributed by atoms with van der Waals surface area (Å²) in [4.78, 5) is 5.18. The lowest BCUT2D eigenvalue weighted by atomic mass is 10.4. The van der Waals surface area contributed by atoms with E-state index in [1.165, 1.54) is 12.1 Å². The lowest BCUT2D eigenvalue weighted by Gasteiger charge is -2.01. The molecule has 1 aromatic carbocycles. The van der Waals surface area contributed by atoms with Gasteiger partial charge < -0.3 is 5.73 Å². The highest BCUT2D eigenvalue weighted by molar-refractivity contribution is 8.00. The van der Waals surface area contributed by atoms with Gasteiger partial charge >= 0.3 is 0 Å². The van der Waals surface area contributed by atoms with E-state index in [4.69, 9.17) is 5.73 Å². The molecule has 0 saturated heterocycles. The number of amidine groups is 1. The Bertz CT molecular complexity index is 322. The van der Waals surface area contributed by atoms with Gasteiger partial charge in [-0.2, -0.15) is 0 Å². The summed E-state index contributed by atoms with van der Waals surface area (Å²) in [6, 6.07) is 6.38. The second-order valence-electron chi connectivity index (χ2n) is 3.12. The number of hydrogen-bond acceptors (Lipinski definition) is 2. The number of benzene rings is 1. The lowest BCUT2D eigenvalue weighted by molar-refractivity contribution is 0.626. The molecule has 2 N–H and O–H groups in total. The molecule has 0 radical (unpaired) electrons. The third-order valence-electron chi connectivity index (χ3n) is 1.74. The number of thioether (sulfide) groups is 1. The van der Waals surface area contributed by atoms with Gasteiger partial charge in [-0.15, -0.1) is 11.8 Å². The van der Waals surface area contributed by atoms with Crippen LogP contribution in [0.15, 0.2) is 34.2 Å². The minimum absolute atomic E-state index is 0.216. The Hall–Kier alpha value is -1.03. The largest absolute Gasteiger partial charge is 0.387 e. The Kier molecular flexibility index (Phi) is 5.18. The van der Waals surface area contributed by atoms with Crippen molar-refractivity contribution in [3.05, 3.63) is 30.1 Å². The SMILES string of the molecule is CCCN=C(N)CSc1ccc(F)cc1. The average molecular weight is 226 g/mol. The van der Waals surface area contributed by atoms with Crippen LogP contribution in [0.25, 0.3) is 0 Å². The van der Waals surface area contributed by atoms with E-state index in [-0.39, 0.29) is 5.82 Å². The Morgan fingerprint density at radius 2 is 2.07 bits per heavy atom. The van der Waals surface area contributed by atoms with Gasteiger partial charge in [0.05, 0.1) is 5.75 Å². The maximum atomic E-state index is 12.6. The molecule has 0 atom stereocenters. The first-order chi connectivity index (χ1) is 7.22. The van der Waals surface area contributed by atoms with Crippen LogP contribution >= 0.6 is 11.8 Å². The van der Waals surface area contributed by atoms with Gasteiger partial charge in [0.25, 0.3) is 0 Å². The smallest absolute Gasteiger partial charge is 0.123 e. The highest BCUT2D eigenvalue weighted by atomic mass is 32.2. The van der Waals surface area contributed by atoms with Crippen molar-refractivity contribution in [3.8, 4) is 0 Å². The molecule has 0 heterocycles. The molecule has 2 nitrogen and oxygen atoms in total. The van der Waals surface area contributed by atoms with Crippen molar-refractivity contribution >= 4 is 17.6 Å². The van der Waals surface area contributed by atoms with Gasteiger partial charge in [-0.25, -0.2) is 4.39 Å². The van der Waals surface area contributed by atoms with Crippen molar-refractivity contribution in [3.63, 3.8) is 0 Å². The van der Waals surface area contributed by atoms with Crippen LogP contribution in [0.3, 0.4) is 0 Å². The summed E-state index contributed by atoms with van der Waals surface area (Å²) in [6.07, 6.45) is 1.00. The number of hydrogen-bond donors (Lipinski definition) is 1. The lowest BCUT2D eigenvalue weighted by Crippen LogP contribution is -2.15. The molecular weight excluding hydrogens is 211 g/mol. The molecule has 1 aromatic rings. The quantitative estimate of drug-likeness (QED) is 0.476. The number of halogens is 1. The zero-order chi connectivity index (χ0) is 11.1. The predicted octanol–water partition coefficient (Wildman–Crippen LogP) is 2.69. The van der Waals surface area contributed by atoms with Crippen LogP contribution in [0.2, 0.25) is 0 Å². The minimum Gasteiger partial charge on any atom is -0.387 e. The first kappa shape index (κ1) is 12.0. The zero-order valence-electron chi connectivity index (χ0n) is 8.74. The summed E-state index contributed by atoms with van der Waals surface area (Å²) in [5.74, 6) is 1.09. The fourth-order valence-electron chi connectivity index (χ4n) is 0.989. The zero-order valence-corrected chi connectivity index (χ0v) is 9.56. The van der Waals surface area contributed by atoms with Crippen molar-refractivity contribution in [2.24, 2.45) is 10.7 Å². The topological polar surface area (TPSA) is 38.4 Å². The molecule has 0 aromatic heterocycles. The molecular formula is C11H15FN2S. The Labute approximate surface area is 93.8 Å². The molecule has 0 bridgehead atoms. The third kappa shape index (κ3) is 4.83. The van der Waals surface area contributed by atoms with Gasteiger partial charge in [0.2, 0.25) is 0 Å². The average Bonchev–Trinajstić information content (AvgIpc) is 2.25. The molecule has 0 amide bonds. The second kappa shape index (κ2) is 6.45. The van der Waals surface area contributed by atoms with Crippen LogP contribution in [0.4, 0.5) is 4.39 Å². The normalized spacial score (nSPS) is 11.7. The minimum atomic E-state index is -0.216. The highest BCUT2D eigenvalue weighted by Gasteiger charge is 1.97. The van der Waals surface area contributed by atoms with Gasteiger partial charge in [0, 0.05) is 11.4 Å². The molecule has 0 fully saturated rings. The van der Waals surface area contributed by atoms with Crippen LogP contribution in [-0.4, -0.2) is 18.1 Å². The number of nitrogens with zero attached hydrogens (tertiary/aromatic N) is 1. The molecule has 4 heteroatoms. The highest BCUT2D eigenvalue weighted by Crippen LogP contribution is 2.17. The van der Waals surface area contributed by atoms with Gasteiger partial charge in [0.15, 0.2) is 0 Å². The fourth-order valence-corrected chi connectivity index (χ4v) is 1.72. The van der Waals surface area contributed by atoms with Crippen molar-refractivity contribution in [2.75, 3.05) is 12.3 Å². The summed E-state index contributed by atoms with van der Waals surface area (Å²) in [5.41, 5.74) is 5.69. The summed E-state index contributed by atoms with van der Waals surface area (Å²) in [7, 11) is 0. The van der Waals surface area contributed by atoms with E-state index in [2.05, 4.69) is 11.9 Å². The van der Waals surface area contributed by atoms with E-state index in [1.54, 1.807) is 23.9 Å².